The third kappa shape index (κ3) is 3.87. The van der Waals surface area contributed by atoms with Crippen LogP contribution in [0.2, 0.25) is 0 Å². The molecule has 0 fully saturated rings. The number of anilines is 1. The van der Waals surface area contributed by atoms with Gasteiger partial charge in [-0.2, -0.15) is 0 Å². The number of H-pyrrole nitrogens is 1. The van der Waals surface area contributed by atoms with E-state index < -0.39 is 0 Å². The Hall–Kier alpha value is -2.31. The zero-order valence-electron chi connectivity index (χ0n) is 14.1. The first-order valence-electron chi connectivity index (χ1n) is 8.26. The Bertz CT molecular complexity index is 1100. The van der Waals surface area contributed by atoms with E-state index in [1.165, 1.54) is 12.1 Å². The zero-order chi connectivity index (χ0) is 19.0. The molecule has 0 spiro atoms. The minimum absolute atomic E-state index is 0.229. The number of aromatic amines is 1. The number of rotatable bonds is 4. The highest BCUT2D eigenvalue weighted by atomic mass is 79.9. The number of nitrogens with two attached hydrogens (primary N) is 1. The van der Waals surface area contributed by atoms with E-state index in [1.807, 2.05) is 24.4 Å². The lowest BCUT2D eigenvalue weighted by atomic mass is 10.0. The Morgan fingerprint density at radius 3 is 2.37 bits per heavy atom. The monoisotopic (exact) mass is 488 g/mol. The molecule has 3 nitrogen and oxygen atoms in total. The van der Waals surface area contributed by atoms with E-state index in [4.69, 9.17) is 10.5 Å². The smallest absolute Gasteiger partial charge is 0.155 e. The molecule has 0 saturated heterocycles. The molecule has 136 valence electrons. The molecular weight excluding hydrogens is 475 g/mol. The number of nitrogen functional groups attached to an aromatic ring is 1. The van der Waals surface area contributed by atoms with Crippen molar-refractivity contribution in [2.45, 2.75) is 6.42 Å². The van der Waals surface area contributed by atoms with Crippen LogP contribution in [0.4, 0.5) is 10.1 Å². The van der Waals surface area contributed by atoms with E-state index in [0.717, 1.165) is 31.0 Å². The van der Waals surface area contributed by atoms with Gasteiger partial charge in [-0.25, -0.2) is 4.39 Å². The third-order valence-corrected chi connectivity index (χ3v) is 5.47. The summed E-state index contributed by atoms with van der Waals surface area (Å²) in [5.41, 5.74) is 9.68. The van der Waals surface area contributed by atoms with Gasteiger partial charge in [0.2, 0.25) is 0 Å². The minimum Gasteiger partial charge on any atom is -0.455 e. The first kappa shape index (κ1) is 18.1. The number of ether oxygens (including phenoxy) is 1. The Labute approximate surface area is 172 Å². The molecule has 0 bridgehead atoms. The summed E-state index contributed by atoms with van der Waals surface area (Å²) in [5.74, 6) is 1.15. The van der Waals surface area contributed by atoms with Crippen molar-refractivity contribution < 1.29 is 9.13 Å². The van der Waals surface area contributed by atoms with Gasteiger partial charge in [-0.3, -0.25) is 0 Å². The molecule has 6 heteroatoms. The second-order valence-corrected chi connectivity index (χ2v) is 7.95. The van der Waals surface area contributed by atoms with Crippen LogP contribution in [0.3, 0.4) is 0 Å². The topological polar surface area (TPSA) is 51.0 Å². The molecule has 0 unspecified atom stereocenters. The molecule has 4 aromatic rings. The van der Waals surface area contributed by atoms with Gasteiger partial charge in [0.1, 0.15) is 11.6 Å². The molecule has 0 aliphatic carbocycles. The van der Waals surface area contributed by atoms with Crippen LogP contribution in [-0.4, -0.2) is 4.98 Å². The number of halogens is 3. The van der Waals surface area contributed by atoms with Gasteiger partial charge in [0.15, 0.2) is 5.75 Å². The van der Waals surface area contributed by atoms with Crippen molar-refractivity contribution in [2.24, 2.45) is 0 Å². The van der Waals surface area contributed by atoms with E-state index in [2.05, 4.69) is 36.8 Å². The van der Waals surface area contributed by atoms with Crippen LogP contribution in [0.15, 0.2) is 69.7 Å². The fraction of sp³-hybridized carbons (Fsp3) is 0.0476. The Morgan fingerprint density at radius 2 is 1.67 bits per heavy atom. The fourth-order valence-corrected chi connectivity index (χ4v) is 4.37. The van der Waals surface area contributed by atoms with E-state index in [0.29, 0.717) is 23.6 Å². The van der Waals surface area contributed by atoms with Crippen LogP contribution in [0, 0.1) is 5.82 Å². The third-order valence-electron chi connectivity index (χ3n) is 4.29. The number of aromatic nitrogens is 1. The summed E-state index contributed by atoms with van der Waals surface area (Å²) in [6.45, 7) is 0. The maximum atomic E-state index is 13.1. The summed E-state index contributed by atoms with van der Waals surface area (Å²) in [5, 5.41) is 1.07. The number of benzene rings is 3. The SMILES string of the molecule is Nc1cc(Br)c(Oc2ccc3[nH]cc(Cc4ccc(F)cc4)c3c2)c(Br)c1. The van der Waals surface area contributed by atoms with Crippen molar-refractivity contribution in [1.29, 1.82) is 0 Å². The number of hydrogen-bond acceptors (Lipinski definition) is 2. The van der Waals surface area contributed by atoms with Crippen molar-refractivity contribution in [2.75, 3.05) is 5.73 Å². The van der Waals surface area contributed by atoms with Gasteiger partial charge in [-0.05, 0) is 91.9 Å². The normalized spacial score (nSPS) is 11.1. The summed E-state index contributed by atoms with van der Waals surface area (Å²) in [6, 6.07) is 16.1. The molecule has 4 rings (SSSR count). The van der Waals surface area contributed by atoms with Crippen LogP contribution in [0.1, 0.15) is 11.1 Å². The van der Waals surface area contributed by atoms with Crippen molar-refractivity contribution in [1.82, 2.24) is 4.98 Å². The minimum atomic E-state index is -0.229. The first-order valence-corrected chi connectivity index (χ1v) is 9.85. The van der Waals surface area contributed by atoms with Crippen molar-refractivity contribution in [3.05, 3.63) is 86.7 Å². The summed E-state index contributed by atoms with van der Waals surface area (Å²) < 4.78 is 20.8. The number of fused-ring (bicyclic) bond motifs is 1. The van der Waals surface area contributed by atoms with E-state index >= 15 is 0 Å². The molecule has 0 atom stereocenters. The molecule has 1 heterocycles. The van der Waals surface area contributed by atoms with Crippen molar-refractivity contribution in [3.8, 4) is 11.5 Å². The van der Waals surface area contributed by atoms with Gasteiger partial charge in [-0.15, -0.1) is 0 Å². The maximum Gasteiger partial charge on any atom is 0.155 e. The lowest BCUT2D eigenvalue weighted by Crippen LogP contribution is -1.91. The van der Waals surface area contributed by atoms with Crippen LogP contribution in [-0.2, 0) is 6.42 Å². The van der Waals surface area contributed by atoms with Crippen LogP contribution in [0.25, 0.3) is 10.9 Å². The largest absolute Gasteiger partial charge is 0.455 e. The van der Waals surface area contributed by atoms with E-state index in [9.17, 15) is 4.39 Å². The van der Waals surface area contributed by atoms with Crippen LogP contribution >= 0.6 is 31.9 Å². The molecule has 0 saturated carbocycles. The highest BCUT2D eigenvalue weighted by Gasteiger charge is 2.11. The first-order chi connectivity index (χ1) is 13.0. The van der Waals surface area contributed by atoms with Gasteiger partial charge < -0.3 is 15.5 Å². The van der Waals surface area contributed by atoms with Gasteiger partial charge >= 0.3 is 0 Å². The van der Waals surface area contributed by atoms with Crippen LogP contribution < -0.4 is 10.5 Å². The molecule has 27 heavy (non-hydrogen) atoms. The van der Waals surface area contributed by atoms with Gasteiger partial charge in [0.25, 0.3) is 0 Å². The fourth-order valence-electron chi connectivity index (χ4n) is 2.98. The van der Waals surface area contributed by atoms with Crippen LogP contribution in [0.5, 0.6) is 11.5 Å². The average molecular weight is 490 g/mol. The van der Waals surface area contributed by atoms with Gasteiger partial charge in [0, 0.05) is 22.8 Å². The number of hydrogen-bond donors (Lipinski definition) is 2. The van der Waals surface area contributed by atoms with Crippen molar-refractivity contribution >= 4 is 48.5 Å². The van der Waals surface area contributed by atoms with E-state index in [1.54, 1.807) is 24.3 Å². The predicted octanol–water partition coefficient (Wildman–Crippen LogP) is 6.80. The molecule has 0 radical (unpaired) electrons. The zero-order valence-corrected chi connectivity index (χ0v) is 17.3. The van der Waals surface area contributed by atoms with Gasteiger partial charge in [0.05, 0.1) is 8.95 Å². The molecule has 3 N–H and O–H groups in total. The summed E-state index contributed by atoms with van der Waals surface area (Å²) >= 11 is 6.98. The standard InChI is InChI=1S/C21H15Br2FN2O/c22-18-8-15(25)9-19(23)21(18)27-16-5-6-20-17(10-16)13(11-26-20)7-12-1-3-14(24)4-2-12/h1-6,8-11,26H,7,25H2. The predicted molar refractivity (Wildman–Crippen MR) is 114 cm³/mol. The molecule has 0 aliphatic heterocycles. The summed E-state index contributed by atoms with van der Waals surface area (Å²) in [7, 11) is 0. The summed E-state index contributed by atoms with van der Waals surface area (Å²) in [6.07, 6.45) is 2.69. The lowest BCUT2D eigenvalue weighted by molar-refractivity contribution is 0.477. The Balaban J connectivity index is 1.67. The lowest BCUT2D eigenvalue weighted by Gasteiger charge is -2.11. The quantitative estimate of drug-likeness (QED) is 0.310. The number of nitrogens with one attached hydrogen (secondary N) is 1. The molecule has 1 aromatic heterocycles. The molecule has 3 aromatic carbocycles. The summed E-state index contributed by atoms with van der Waals surface area (Å²) in [4.78, 5) is 3.28. The second kappa shape index (κ2) is 7.37. The Kier molecular flexibility index (Phi) is 4.93. The Morgan fingerprint density at radius 1 is 0.963 bits per heavy atom. The van der Waals surface area contributed by atoms with Crippen molar-refractivity contribution in [3.63, 3.8) is 0 Å². The molecular formula is C21H15Br2FN2O. The molecule has 0 amide bonds. The second-order valence-electron chi connectivity index (χ2n) is 6.24. The van der Waals surface area contributed by atoms with E-state index in [-0.39, 0.29) is 5.82 Å². The maximum absolute atomic E-state index is 13.1. The average Bonchev–Trinajstić information content (AvgIpc) is 3.02. The van der Waals surface area contributed by atoms with Gasteiger partial charge in [-0.1, -0.05) is 12.1 Å². The highest BCUT2D eigenvalue weighted by molar-refractivity contribution is 9.11. The highest BCUT2D eigenvalue weighted by Crippen LogP contribution is 2.39. The molecule has 0 aliphatic rings.